The van der Waals surface area contributed by atoms with Crippen LogP contribution in [0.15, 0.2) is 42.0 Å². The van der Waals surface area contributed by atoms with Crippen molar-refractivity contribution in [3.63, 3.8) is 0 Å². The molecule has 2 atom stereocenters. The zero-order valence-electron chi connectivity index (χ0n) is 13.9. The van der Waals surface area contributed by atoms with Gasteiger partial charge in [0.1, 0.15) is 6.61 Å². The molecule has 0 N–H and O–H groups in total. The Hall–Kier alpha value is -1.81. The fraction of sp³-hybridized carbons (Fsp3) is 0.526. The molecule has 2 aliphatic heterocycles. The number of rotatable bonds is 4. The SMILES string of the molecule is CC(C)CC1=CC2COCC(C1)N2C(=O)OCc1ccccc1. The number of carbonyl (C=O) groups excluding carboxylic acids is 1. The number of hydrogen-bond donors (Lipinski definition) is 0. The van der Waals surface area contributed by atoms with Crippen LogP contribution in [-0.4, -0.2) is 36.3 Å². The van der Waals surface area contributed by atoms with Gasteiger partial charge in [-0.25, -0.2) is 4.79 Å². The Morgan fingerprint density at radius 3 is 2.78 bits per heavy atom. The van der Waals surface area contributed by atoms with Crippen LogP contribution in [0.4, 0.5) is 4.79 Å². The zero-order chi connectivity index (χ0) is 16.2. The van der Waals surface area contributed by atoms with Crippen molar-refractivity contribution in [3.05, 3.63) is 47.5 Å². The molecule has 2 bridgehead atoms. The van der Waals surface area contributed by atoms with Crippen LogP contribution in [-0.2, 0) is 16.1 Å². The Bertz CT molecular complexity index is 567. The van der Waals surface area contributed by atoms with Crippen molar-refractivity contribution < 1.29 is 14.3 Å². The maximum atomic E-state index is 12.5. The van der Waals surface area contributed by atoms with E-state index in [1.54, 1.807) is 0 Å². The molecule has 1 fully saturated rings. The van der Waals surface area contributed by atoms with Crippen molar-refractivity contribution in [1.29, 1.82) is 0 Å². The van der Waals surface area contributed by atoms with Crippen molar-refractivity contribution >= 4 is 6.09 Å². The zero-order valence-corrected chi connectivity index (χ0v) is 13.9. The lowest BCUT2D eigenvalue weighted by molar-refractivity contribution is -0.0377. The van der Waals surface area contributed by atoms with Crippen molar-refractivity contribution in [2.45, 2.75) is 45.4 Å². The van der Waals surface area contributed by atoms with E-state index >= 15 is 0 Å². The topological polar surface area (TPSA) is 38.8 Å². The van der Waals surface area contributed by atoms with Gasteiger partial charge in [-0.15, -0.1) is 0 Å². The molecule has 23 heavy (non-hydrogen) atoms. The molecule has 0 aliphatic carbocycles. The number of hydrogen-bond acceptors (Lipinski definition) is 3. The Morgan fingerprint density at radius 2 is 2.09 bits per heavy atom. The number of amides is 1. The first-order valence-electron chi connectivity index (χ1n) is 8.40. The van der Waals surface area contributed by atoms with Crippen molar-refractivity contribution in [1.82, 2.24) is 4.90 Å². The van der Waals surface area contributed by atoms with Crippen LogP contribution in [0.3, 0.4) is 0 Å². The van der Waals surface area contributed by atoms with Gasteiger partial charge in [-0.3, -0.25) is 4.90 Å². The summed E-state index contributed by atoms with van der Waals surface area (Å²) >= 11 is 0. The molecule has 1 aromatic carbocycles. The highest BCUT2D eigenvalue weighted by atomic mass is 16.6. The first-order valence-corrected chi connectivity index (χ1v) is 8.40. The average molecular weight is 315 g/mol. The van der Waals surface area contributed by atoms with Crippen molar-refractivity contribution in [3.8, 4) is 0 Å². The van der Waals surface area contributed by atoms with Crippen LogP contribution >= 0.6 is 0 Å². The molecule has 4 nitrogen and oxygen atoms in total. The maximum absolute atomic E-state index is 12.5. The molecule has 1 saturated heterocycles. The third-order valence-electron chi connectivity index (χ3n) is 4.36. The lowest BCUT2D eigenvalue weighted by atomic mass is 9.89. The highest BCUT2D eigenvalue weighted by Crippen LogP contribution is 2.30. The second kappa shape index (κ2) is 7.18. The first kappa shape index (κ1) is 16.1. The van der Waals surface area contributed by atoms with Crippen LogP contribution in [0.5, 0.6) is 0 Å². The molecular formula is C19H25NO3. The van der Waals surface area contributed by atoms with E-state index in [-0.39, 0.29) is 18.2 Å². The molecule has 0 saturated carbocycles. The van der Waals surface area contributed by atoms with E-state index in [2.05, 4.69) is 19.9 Å². The second-order valence-corrected chi connectivity index (χ2v) is 6.83. The van der Waals surface area contributed by atoms with E-state index in [1.807, 2.05) is 35.2 Å². The van der Waals surface area contributed by atoms with Gasteiger partial charge in [0.05, 0.1) is 25.3 Å². The largest absolute Gasteiger partial charge is 0.445 e. The summed E-state index contributed by atoms with van der Waals surface area (Å²) in [5, 5.41) is 0. The van der Waals surface area contributed by atoms with Gasteiger partial charge in [-0.05, 0) is 24.3 Å². The minimum atomic E-state index is -0.230. The Balaban J connectivity index is 1.65. The van der Waals surface area contributed by atoms with E-state index in [9.17, 15) is 4.79 Å². The molecule has 2 unspecified atom stereocenters. The van der Waals surface area contributed by atoms with Crippen molar-refractivity contribution in [2.24, 2.45) is 5.92 Å². The van der Waals surface area contributed by atoms with Gasteiger partial charge < -0.3 is 9.47 Å². The molecule has 0 radical (unpaired) electrons. The summed E-state index contributed by atoms with van der Waals surface area (Å²) in [6, 6.07) is 9.91. The highest BCUT2D eigenvalue weighted by molar-refractivity contribution is 5.69. The van der Waals surface area contributed by atoms with Gasteiger partial charge >= 0.3 is 6.09 Å². The number of nitrogens with zero attached hydrogens (tertiary/aromatic N) is 1. The summed E-state index contributed by atoms with van der Waals surface area (Å²) in [6.07, 6.45) is 3.97. The Morgan fingerprint density at radius 1 is 1.30 bits per heavy atom. The summed E-state index contributed by atoms with van der Waals surface area (Å²) in [5.41, 5.74) is 2.46. The monoisotopic (exact) mass is 315 g/mol. The summed E-state index contributed by atoms with van der Waals surface area (Å²) in [6.45, 7) is 5.95. The van der Waals surface area contributed by atoms with E-state index in [0.29, 0.717) is 25.7 Å². The Labute approximate surface area is 138 Å². The smallest absolute Gasteiger partial charge is 0.411 e. The van der Waals surface area contributed by atoms with Gasteiger partial charge in [-0.1, -0.05) is 55.8 Å². The van der Waals surface area contributed by atoms with Crippen LogP contribution in [0.25, 0.3) is 0 Å². The van der Waals surface area contributed by atoms with E-state index in [0.717, 1.165) is 18.4 Å². The third kappa shape index (κ3) is 3.94. The normalized spacial score (nSPS) is 23.6. The Kier molecular flexibility index (Phi) is 5.01. The fourth-order valence-corrected chi connectivity index (χ4v) is 3.44. The summed E-state index contributed by atoms with van der Waals surface area (Å²) in [5.74, 6) is 0.638. The molecule has 2 heterocycles. The number of benzene rings is 1. The number of fused-ring (bicyclic) bond motifs is 2. The van der Waals surface area contributed by atoms with Crippen LogP contribution < -0.4 is 0 Å². The van der Waals surface area contributed by atoms with Crippen LogP contribution in [0, 0.1) is 5.92 Å². The van der Waals surface area contributed by atoms with Crippen LogP contribution in [0.1, 0.15) is 32.3 Å². The van der Waals surface area contributed by atoms with Gasteiger partial charge in [-0.2, -0.15) is 0 Å². The lowest BCUT2D eigenvalue weighted by Crippen LogP contribution is -2.56. The van der Waals surface area contributed by atoms with Gasteiger partial charge in [0, 0.05) is 0 Å². The maximum Gasteiger partial charge on any atom is 0.411 e. The van der Waals surface area contributed by atoms with Gasteiger partial charge in [0.25, 0.3) is 0 Å². The number of ether oxygens (including phenoxy) is 2. The molecule has 4 heteroatoms. The molecule has 1 aromatic rings. The predicted molar refractivity (Wildman–Crippen MR) is 89.0 cm³/mol. The van der Waals surface area contributed by atoms with Gasteiger partial charge in [0.15, 0.2) is 0 Å². The summed E-state index contributed by atoms with van der Waals surface area (Å²) in [4.78, 5) is 14.4. The van der Waals surface area contributed by atoms with Gasteiger partial charge in [0.2, 0.25) is 0 Å². The lowest BCUT2D eigenvalue weighted by Gasteiger charge is -2.44. The molecule has 0 spiro atoms. The summed E-state index contributed by atoms with van der Waals surface area (Å²) < 4.78 is 11.2. The molecule has 1 amide bonds. The number of morpholine rings is 1. The standard InChI is InChI=1S/C19H25NO3/c1-14(2)8-16-9-17-12-22-13-18(10-16)20(17)19(21)23-11-15-6-4-3-5-7-15/h3-7,9,14,17-18H,8,10-13H2,1-2H3. The number of carbonyl (C=O) groups is 1. The second-order valence-electron chi connectivity index (χ2n) is 6.83. The minimum absolute atomic E-state index is 0.0134. The predicted octanol–water partition coefficient (Wildman–Crippen LogP) is 3.77. The molecule has 2 aliphatic rings. The molecule has 124 valence electrons. The van der Waals surface area contributed by atoms with E-state index in [4.69, 9.17) is 9.47 Å². The van der Waals surface area contributed by atoms with Crippen molar-refractivity contribution in [2.75, 3.05) is 13.2 Å². The van der Waals surface area contributed by atoms with E-state index in [1.165, 1.54) is 5.57 Å². The summed E-state index contributed by atoms with van der Waals surface area (Å²) in [7, 11) is 0. The quantitative estimate of drug-likeness (QED) is 0.794. The van der Waals surface area contributed by atoms with E-state index < -0.39 is 0 Å². The molecular weight excluding hydrogens is 290 g/mol. The molecule has 0 aromatic heterocycles. The van der Waals surface area contributed by atoms with Crippen LogP contribution in [0.2, 0.25) is 0 Å². The minimum Gasteiger partial charge on any atom is -0.445 e. The average Bonchev–Trinajstić information content (AvgIpc) is 2.52. The molecule has 3 rings (SSSR count). The highest BCUT2D eigenvalue weighted by Gasteiger charge is 2.38. The third-order valence-corrected chi connectivity index (χ3v) is 4.36. The fourth-order valence-electron chi connectivity index (χ4n) is 3.44. The first-order chi connectivity index (χ1) is 11.1.